The van der Waals surface area contributed by atoms with E-state index in [9.17, 15) is 4.79 Å². The summed E-state index contributed by atoms with van der Waals surface area (Å²) in [5.74, 6) is 0.825. The predicted molar refractivity (Wildman–Crippen MR) is 83.8 cm³/mol. The van der Waals surface area contributed by atoms with Gasteiger partial charge in [-0.1, -0.05) is 24.3 Å². The maximum atomic E-state index is 12.7. The average Bonchev–Trinajstić information content (AvgIpc) is 2.81. The molecule has 0 spiro atoms. The molecule has 0 bridgehead atoms. The molecule has 0 saturated heterocycles. The third-order valence-corrected chi connectivity index (χ3v) is 3.82. The fraction of sp³-hybridized carbons (Fsp3) is 0.167. The Morgan fingerprint density at radius 2 is 1.90 bits per heavy atom. The lowest BCUT2D eigenvalue weighted by Gasteiger charge is -2.24. The molecule has 0 aliphatic carbocycles. The molecule has 2 aromatic carbocycles. The Morgan fingerprint density at radius 1 is 1.19 bits per heavy atom. The van der Waals surface area contributed by atoms with Crippen LogP contribution in [0.25, 0.3) is 0 Å². The third-order valence-electron chi connectivity index (χ3n) is 3.82. The first-order valence-corrected chi connectivity index (χ1v) is 6.93. The van der Waals surface area contributed by atoms with Gasteiger partial charge in [0.25, 0.3) is 5.91 Å². The number of fused-ring (bicyclic) bond motifs is 1. The molecule has 3 heteroatoms. The van der Waals surface area contributed by atoms with E-state index in [-0.39, 0.29) is 11.9 Å². The van der Waals surface area contributed by atoms with Crippen LogP contribution in [0.1, 0.15) is 28.4 Å². The first-order valence-electron chi connectivity index (χ1n) is 6.93. The summed E-state index contributed by atoms with van der Waals surface area (Å²) in [6.07, 6.45) is 2.59. The number of rotatable bonds is 4. The summed E-state index contributed by atoms with van der Waals surface area (Å²) in [5, 5.41) is 0. The summed E-state index contributed by atoms with van der Waals surface area (Å²) in [7, 11) is 1.63. The van der Waals surface area contributed by atoms with Crippen LogP contribution < -0.4 is 9.64 Å². The van der Waals surface area contributed by atoms with Crippen LogP contribution in [0.5, 0.6) is 5.75 Å². The van der Waals surface area contributed by atoms with Gasteiger partial charge in [0.2, 0.25) is 0 Å². The van der Waals surface area contributed by atoms with Crippen molar-refractivity contribution in [3.8, 4) is 5.75 Å². The van der Waals surface area contributed by atoms with Crippen LogP contribution in [0.15, 0.2) is 61.2 Å². The minimum absolute atomic E-state index is 0.0135. The number of amides is 1. The van der Waals surface area contributed by atoms with Crippen molar-refractivity contribution in [1.29, 1.82) is 0 Å². The first-order chi connectivity index (χ1) is 10.3. The van der Waals surface area contributed by atoms with E-state index >= 15 is 0 Å². The number of carbonyl (C=O) groups excluding carboxylic acids is 1. The van der Waals surface area contributed by atoms with Crippen molar-refractivity contribution in [2.24, 2.45) is 0 Å². The van der Waals surface area contributed by atoms with E-state index < -0.39 is 0 Å². The van der Waals surface area contributed by atoms with Gasteiger partial charge in [-0.05, 0) is 42.3 Å². The Hall–Kier alpha value is -2.55. The summed E-state index contributed by atoms with van der Waals surface area (Å²) in [6.45, 7) is 3.82. The summed E-state index contributed by atoms with van der Waals surface area (Å²) in [5.41, 5.74) is 2.72. The van der Waals surface area contributed by atoms with Crippen molar-refractivity contribution in [2.75, 3.05) is 12.0 Å². The van der Waals surface area contributed by atoms with Crippen molar-refractivity contribution >= 4 is 11.6 Å². The van der Waals surface area contributed by atoms with Gasteiger partial charge in [0.05, 0.1) is 13.2 Å². The summed E-state index contributed by atoms with van der Waals surface area (Å²) in [4.78, 5) is 14.5. The van der Waals surface area contributed by atoms with Crippen LogP contribution >= 0.6 is 0 Å². The number of ether oxygens (including phenoxy) is 1. The highest BCUT2D eigenvalue weighted by molar-refractivity contribution is 6.11. The van der Waals surface area contributed by atoms with Crippen molar-refractivity contribution < 1.29 is 9.53 Å². The molecule has 21 heavy (non-hydrogen) atoms. The number of hydrogen-bond acceptors (Lipinski definition) is 2. The molecule has 0 saturated carbocycles. The first kappa shape index (κ1) is 13.4. The zero-order valence-electron chi connectivity index (χ0n) is 12.0. The molecule has 2 aromatic rings. The normalized spacial score (nSPS) is 16.7. The number of nitrogens with zero attached hydrogens (tertiary/aromatic N) is 1. The van der Waals surface area contributed by atoms with Crippen LogP contribution in [0.2, 0.25) is 0 Å². The largest absolute Gasteiger partial charge is 0.497 e. The van der Waals surface area contributed by atoms with Gasteiger partial charge in [-0.15, -0.1) is 6.58 Å². The molecule has 0 N–H and O–H groups in total. The second kappa shape index (κ2) is 5.44. The standard InChI is InChI=1S/C18H17NO2/c1-3-6-17-15-7-4-5-8-16(15)18(20)19(17)13-9-11-14(21-2)12-10-13/h3-5,7-12,17H,1,6H2,2H3. The summed E-state index contributed by atoms with van der Waals surface area (Å²) in [6, 6.07) is 15.4. The van der Waals surface area contributed by atoms with Crippen LogP contribution in [0, 0.1) is 0 Å². The lowest BCUT2D eigenvalue weighted by molar-refractivity contribution is 0.0991. The van der Waals surface area contributed by atoms with Gasteiger partial charge >= 0.3 is 0 Å². The molecular weight excluding hydrogens is 262 g/mol. The fourth-order valence-corrected chi connectivity index (χ4v) is 2.82. The minimum Gasteiger partial charge on any atom is -0.497 e. The Bertz CT molecular complexity index is 676. The number of carbonyl (C=O) groups is 1. The smallest absolute Gasteiger partial charge is 0.259 e. The van der Waals surface area contributed by atoms with Gasteiger partial charge in [-0.25, -0.2) is 0 Å². The molecule has 1 aliphatic heterocycles. The highest BCUT2D eigenvalue weighted by Gasteiger charge is 2.36. The Balaban J connectivity index is 2.04. The highest BCUT2D eigenvalue weighted by atomic mass is 16.5. The second-order valence-electron chi connectivity index (χ2n) is 5.00. The quantitative estimate of drug-likeness (QED) is 0.792. The third kappa shape index (κ3) is 2.21. The van der Waals surface area contributed by atoms with E-state index in [1.54, 1.807) is 7.11 Å². The highest BCUT2D eigenvalue weighted by Crippen LogP contribution is 2.39. The van der Waals surface area contributed by atoms with Gasteiger partial charge < -0.3 is 9.64 Å². The molecule has 3 rings (SSSR count). The number of anilines is 1. The molecule has 3 nitrogen and oxygen atoms in total. The molecule has 1 amide bonds. The van der Waals surface area contributed by atoms with E-state index in [1.807, 2.05) is 59.5 Å². The molecule has 1 unspecified atom stereocenters. The molecule has 106 valence electrons. The molecule has 0 fully saturated rings. The number of methoxy groups -OCH3 is 1. The second-order valence-corrected chi connectivity index (χ2v) is 5.00. The lowest BCUT2D eigenvalue weighted by Crippen LogP contribution is -2.27. The van der Waals surface area contributed by atoms with E-state index in [0.717, 1.165) is 29.0 Å². The molecule has 0 aromatic heterocycles. The number of benzene rings is 2. The van der Waals surface area contributed by atoms with Gasteiger partial charge in [0.1, 0.15) is 5.75 Å². The van der Waals surface area contributed by atoms with Gasteiger partial charge in [0.15, 0.2) is 0 Å². The van der Waals surface area contributed by atoms with Crippen LogP contribution in [-0.4, -0.2) is 13.0 Å². The molecule has 0 radical (unpaired) electrons. The Morgan fingerprint density at radius 3 is 2.57 bits per heavy atom. The van der Waals surface area contributed by atoms with Crippen LogP contribution in [-0.2, 0) is 0 Å². The molecular formula is C18H17NO2. The van der Waals surface area contributed by atoms with Crippen molar-refractivity contribution in [1.82, 2.24) is 0 Å². The Labute approximate surface area is 124 Å². The maximum Gasteiger partial charge on any atom is 0.259 e. The van der Waals surface area contributed by atoms with Crippen molar-refractivity contribution in [2.45, 2.75) is 12.5 Å². The lowest BCUT2D eigenvalue weighted by atomic mass is 10.0. The maximum absolute atomic E-state index is 12.7. The van der Waals surface area contributed by atoms with Gasteiger partial charge in [-0.2, -0.15) is 0 Å². The van der Waals surface area contributed by atoms with E-state index in [2.05, 4.69) is 6.58 Å². The Kier molecular flexibility index (Phi) is 3.48. The summed E-state index contributed by atoms with van der Waals surface area (Å²) < 4.78 is 5.18. The van der Waals surface area contributed by atoms with E-state index in [1.165, 1.54) is 0 Å². The van der Waals surface area contributed by atoms with Crippen LogP contribution in [0.4, 0.5) is 5.69 Å². The van der Waals surface area contributed by atoms with Crippen molar-refractivity contribution in [3.63, 3.8) is 0 Å². The monoisotopic (exact) mass is 279 g/mol. The average molecular weight is 279 g/mol. The van der Waals surface area contributed by atoms with Gasteiger partial charge in [0, 0.05) is 11.3 Å². The predicted octanol–water partition coefficient (Wildman–Crippen LogP) is 3.97. The van der Waals surface area contributed by atoms with E-state index in [0.29, 0.717) is 0 Å². The van der Waals surface area contributed by atoms with E-state index in [4.69, 9.17) is 4.74 Å². The molecule has 1 heterocycles. The van der Waals surface area contributed by atoms with Crippen LogP contribution in [0.3, 0.4) is 0 Å². The SMILES string of the molecule is C=CCC1c2ccccc2C(=O)N1c1ccc(OC)cc1. The topological polar surface area (TPSA) is 29.5 Å². The summed E-state index contributed by atoms with van der Waals surface area (Å²) >= 11 is 0. The van der Waals surface area contributed by atoms with Gasteiger partial charge in [-0.3, -0.25) is 4.79 Å². The van der Waals surface area contributed by atoms with Crippen molar-refractivity contribution in [3.05, 3.63) is 72.3 Å². The zero-order chi connectivity index (χ0) is 14.8. The molecule has 1 aliphatic rings. The minimum atomic E-state index is 0.0135. The molecule has 1 atom stereocenters. The fourth-order valence-electron chi connectivity index (χ4n) is 2.82. The zero-order valence-corrected chi connectivity index (χ0v) is 12.0. The number of hydrogen-bond donors (Lipinski definition) is 0.